The molecule has 1 fully saturated rings. The molecule has 0 atom stereocenters. The average Bonchev–Trinajstić information content (AvgIpc) is 2.23. The standard InChI is InChI=1S/C11H15N2O/c1-8-10(12-7-13-11(8)14)9-5-3-2-4-6-9/h9H,2-6H2,1H3,(H,12,13,14). The Labute approximate surface area is 84.2 Å². The first-order valence-corrected chi connectivity index (χ1v) is 5.22. The lowest BCUT2D eigenvalue weighted by Crippen LogP contribution is -2.08. The Morgan fingerprint density at radius 2 is 1.93 bits per heavy atom. The quantitative estimate of drug-likeness (QED) is 0.741. The molecule has 14 heavy (non-hydrogen) atoms. The number of aromatic nitrogens is 2. The van der Waals surface area contributed by atoms with Crippen LogP contribution in [-0.2, 0) is 0 Å². The highest BCUT2D eigenvalue weighted by atomic mass is 16.3. The van der Waals surface area contributed by atoms with Crippen molar-refractivity contribution < 1.29 is 5.11 Å². The zero-order valence-electron chi connectivity index (χ0n) is 8.45. The van der Waals surface area contributed by atoms with Crippen LogP contribution in [0.2, 0.25) is 0 Å². The molecular weight excluding hydrogens is 176 g/mol. The van der Waals surface area contributed by atoms with Gasteiger partial charge in [0.05, 0.1) is 5.69 Å². The third-order valence-electron chi connectivity index (χ3n) is 3.04. The number of aromatic hydroxyl groups is 1. The molecule has 1 radical (unpaired) electrons. The maximum atomic E-state index is 9.45. The minimum Gasteiger partial charge on any atom is -0.493 e. The van der Waals surface area contributed by atoms with Crippen LogP contribution in [-0.4, -0.2) is 15.1 Å². The second-order valence-electron chi connectivity index (χ2n) is 3.99. The highest BCUT2D eigenvalue weighted by molar-refractivity contribution is 5.29. The molecule has 1 saturated carbocycles. The third kappa shape index (κ3) is 1.72. The summed E-state index contributed by atoms with van der Waals surface area (Å²) in [5, 5.41) is 9.45. The van der Waals surface area contributed by atoms with E-state index in [9.17, 15) is 5.11 Å². The Morgan fingerprint density at radius 1 is 1.21 bits per heavy atom. The van der Waals surface area contributed by atoms with Gasteiger partial charge in [0.15, 0.2) is 0 Å². The van der Waals surface area contributed by atoms with Crippen LogP contribution < -0.4 is 0 Å². The Morgan fingerprint density at radius 3 is 2.64 bits per heavy atom. The summed E-state index contributed by atoms with van der Waals surface area (Å²) in [6.07, 6.45) is 8.76. The van der Waals surface area contributed by atoms with Crippen molar-refractivity contribution in [2.45, 2.75) is 44.9 Å². The van der Waals surface area contributed by atoms with Crippen molar-refractivity contribution in [3.63, 3.8) is 0 Å². The van der Waals surface area contributed by atoms with Crippen LogP contribution in [0.5, 0.6) is 5.88 Å². The largest absolute Gasteiger partial charge is 0.493 e. The van der Waals surface area contributed by atoms with Gasteiger partial charge >= 0.3 is 0 Å². The fourth-order valence-corrected chi connectivity index (χ4v) is 2.18. The van der Waals surface area contributed by atoms with E-state index in [1.165, 1.54) is 32.1 Å². The van der Waals surface area contributed by atoms with Crippen LogP contribution in [0, 0.1) is 13.3 Å². The molecule has 0 bridgehead atoms. The van der Waals surface area contributed by atoms with E-state index in [4.69, 9.17) is 0 Å². The summed E-state index contributed by atoms with van der Waals surface area (Å²) in [5.74, 6) is 0.592. The second-order valence-corrected chi connectivity index (χ2v) is 3.99. The summed E-state index contributed by atoms with van der Waals surface area (Å²) in [7, 11) is 0. The van der Waals surface area contributed by atoms with Crippen LogP contribution in [0.3, 0.4) is 0 Å². The van der Waals surface area contributed by atoms with E-state index >= 15 is 0 Å². The van der Waals surface area contributed by atoms with Gasteiger partial charge in [0.2, 0.25) is 12.2 Å². The van der Waals surface area contributed by atoms with E-state index in [0.29, 0.717) is 5.92 Å². The first kappa shape index (κ1) is 9.44. The van der Waals surface area contributed by atoms with Gasteiger partial charge in [-0.3, -0.25) is 0 Å². The van der Waals surface area contributed by atoms with Crippen LogP contribution in [0.4, 0.5) is 0 Å². The lowest BCUT2D eigenvalue weighted by Gasteiger charge is -2.22. The van der Waals surface area contributed by atoms with Crippen molar-refractivity contribution in [1.82, 2.24) is 9.97 Å². The SMILES string of the molecule is Cc1c(O)n[c]nc1C1CCCCC1. The predicted molar refractivity (Wildman–Crippen MR) is 53.1 cm³/mol. The molecule has 75 valence electrons. The molecule has 1 heterocycles. The van der Waals surface area contributed by atoms with Gasteiger partial charge in [-0.25, -0.2) is 4.98 Å². The Hall–Kier alpha value is -1.12. The number of hydrogen-bond acceptors (Lipinski definition) is 3. The lowest BCUT2D eigenvalue weighted by molar-refractivity contribution is 0.418. The van der Waals surface area contributed by atoms with Gasteiger partial charge in [-0.15, -0.1) is 0 Å². The first-order chi connectivity index (χ1) is 6.79. The van der Waals surface area contributed by atoms with Crippen LogP contribution in [0.15, 0.2) is 0 Å². The first-order valence-electron chi connectivity index (χ1n) is 5.22. The molecule has 0 aliphatic heterocycles. The molecule has 0 unspecified atom stereocenters. The van der Waals surface area contributed by atoms with Crippen molar-refractivity contribution in [2.24, 2.45) is 0 Å². The van der Waals surface area contributed by atoms with Gasteiger partial charge in [0.25, 0.3) is 0 Å². The smallest absolute Gasteiger partial charge is 0.217 e. The topological polar surface area (TPSA) is 46.0 Å². The van der Waals surface area contributed by atoms with E-state index in [-0.39, 0.29) is 5.88 Å². The summed E-state index contributed by atoms with van der Waals surface area (Å²) < 4.78 is 0. The van der Waals surface area contributed by atoms with E-state index in [2.05, 4.69) is 16.3 Å². The molecule has 2 rings (SSSR count). The van der Waals surface area contributed by atoms with E-state index in [1.54, 1.807) is 0 Å². The molecule has 0 amide bonds. The Bertz CT molecular complexity index is 319. The normalized spacial score (nSPS) is 18.4. The van der Waals surface area contributed by atoms with Crippen LogP contribution >= 0.6 is 0 Å². The summed E-state index contributed by atoms with van der Waals surface area (Å²) in [5.41, 5.74) is 1.83. The van der Waals surface area contributed by atoms with Crippen molar-refractivity contribution in [2.75, 3.05) is 0 Å². The summed E-state index contributed by atoms with van der Waals surface area (Å²) in [6.45, 7) is 1.88. The highest BCUT2D eigenvalue weighted by Crippen LogP contribution is 2.34. The zero-order chi connectivity index (χ0) is 9.97. The molecule has 1 aromatic heterocycles. The fourth-order valence-electron chi connectivity index (χ4n) is 2.18. The van der Waals surface area contributed by atoms with Gasteiger partial charge in [-0.1, -0.05) is 19.3 Å². The van der Waals surface area contributed by atoms with Crippen molar-refractivity contribution in [1.29, 1.82) is 0 Å². The van der Waals surface area contributed by atoms with E-state index < -0.39 is 0 Å². The molecule has 1 aromatic rings. The monoisotopic (exact) mass is 191 g/mol. The molecule has 1 aliphatic carbocycles. The number of hydrogen-bond donors (Lipinski definition) is 1. The summed E-state index contributed by atoms with van der Waals surface area (Å²) >= 11 is 0. The molecule has 1 N–H and O–H groups in total. The van der Waals surface area contributed by atoms with Gasteiger partial charge in [0, 0.05) is 11.5 Å². The number of nitrogens with zero attached hydrogens (tertiary/aromatic N) is 2. The Kier molecular flexibility index (Phi) is 2.66. The van der Waals surface area contributed by atoms with Gasteiger partial charge in [0.1, 0.15) is 0 Å². The molecule has 0 spiro atoms. The van der Waals surface area contributed by atoms with E-state index in [1.807, 2.05) is 6.92 Å². The van der Waals surface area contributed by atoms with Crippen molar-refractivity contribution in [3.05, 3.63) is 17.6 Å². The third-order valence-corrected chi connectivity index (χ3v) is 3.04. The van der Waals surface area contributed by atoms with Gasteiger partial charge in [-0.05, 0) is 19.8 Å². The maximum absolute atomic E-state index is 9.45. The van der Waals surface area contributed by atoms with E-state index in [0.717, 1.165) is 11.3 Å². The van der Waals surface area contributed by atoms with Gasteiger partial charge < -0.3 is 5.11 Å². The highest BCUT2D eigenvalue weighted by Gasteiger charge is 2.20. The molecule has 0 saturated heterocycles. The van der Waals surface area contributed by atoms with Crippen molar-refractivity contribution >= 4 is 0 Å². The molecule has 3 nitrogen and oxygen atoms in total. The van der Waals surface area contributed by atoms with Crippen LogP contribution in [0.25, 0.3) is 0 Å². The van der Waals surface area contributed by atoms with Gasteiger partial charge in [-0.2, -0.15) is 4.98 Å². The Balaban J connectivity index is 2.26. The average molecular weight is 191 g/mol. The molecular formula is C11H15N2O. The van der Waals surface area contributed by atoms with Crippen LogP contribution in [0.1, 0.15) is 49.3 Å². The minimum absolute atomic E-state index is 0.0839. The summed E-state index contributed by atoms with van der Waals surface area (Å²) in [4.78, 5) is 7.82. The molecule has 1 aliphatic rings. The fraction of sp³-hybridized carbons (Fsp3) is 0.636. The molecule has 0 aromatic carbocycles. The zero-order valence-corrected chi connectivity index (χ0v) is 8.45. The lowest BCUT2D eigenvalue weighted by atomic mass is 9.85. The molecule has 3 heteroatoms. The van der Waals surface area contributed by atoms with Crippen molar-refractivity contribution in [3.8, 4) is 5.88 Å². The second kappa shape index (κ2) is 3.95. The minimum atomic E-state index is 0.0839. The summed E-state index contributed by atoms with van der Waals surface area (Å²) in [6, 6.07) is 0. The predicted octanol–water partition coefficient (Wildman–Crippen LogP) is 2.34. The maximum Gasteiger partial charge on any atom is 0.217 e. The number of rotatable bonds is 1.